The Labute approximate surface area is 122 Å². The maximum absolute atomic E-state index is 11.9. The number of carbonyl (C=O) groups is 1. The third-order valence-corrected chi connectivity index (χ3v) is 4.16. The van der Waals surface area contributed by atoms with Gasteiger partial charge in [0.05, 0.1) is 5.75 Å². The number of aromatic nitrogens is 3. The summed E-state index contributed by atoms with van der Waals surface area (Å²) in [6.45, 7) is 2.46. The van der Waals surface area contributed by atoms with Gasteiger partial charge in [0.25, 0.3) is 0 Å². The van der Waals surface area contributed by atoms with Crippen LogP contribution >= 0.6 is 11.8 Å². The monoisotopic (exact) mass is 291 g/mol. The van der Waals surface area contributed by atoms with Gasteiger partial charge in [-0.2, -0.15) is 5.26 Å². The van der Waals surface area contributed by atoms with Crippen molar-refractivity contribution in [1.82, 2.24) is 14.8 Å². The molecule has 1 aromatic heterocycles. The number of nitrogens with two attached hydrogens (primary N) is 1. The zero-order valence-electron chi connectivity index (χ0n) is 11.4. The normalized spacial score (nSPS) is 15.8. The van der Waals surface area contributed by atoms with Crippen molar-refractivity contribution >= 4 is 17.5 Å². The summed E-state index contributed by atoms with van der Waals surface area (Å²) in [7, 11) is 0. The van der Waals surface area contributed by atoms with E-state index in [-0.39, 0.29) is 22.8 Å². The second-order valence-electron chi connectivity index (χ2n) is 4.74. The number of carbonyl (C=O) groups excluding carboxylic acids is 1. The number of aryl methyl sites for hydroxylation is 1. The van der Waals surface area contributed by atoms with Crippen LogP contribution in [0.15, 0.2) is 16.4 Å². The Bertz CT molecular complexity index is 580. The molecule has 0 aromatic carbocycles. The van der Waals surface area contributed by atoms with Crippen molar-refractivity contribution in [1.29, 1.82) is 5.26 Å². The largest absolute Gasteiger partial charge is 0.401 e. The number of ketones is 1. The van der Waals surface area contributed by atoms with Gasteiger partial charge in [-0.15, -0.1) is 10.2 Å². The highest BCUT2D eigenvalue weighted by Crippen LogP contribution is 2.22. The molecule has 2 heterocycles. The van der Waals surface area contributed by atoms with Crippen molar-refractivity contribution in [3.8, 4) is 6.07 Å². The average Bonchev–Trinajstić information content (AvgIpc) is 2.64. The number of nitriles is 1. The fourth-order valence-corrected chi connectivity index (χ4v) is 2.99. The van der Waals surface area contributed by atoms with E-state index in [1.54, 1.807) is 6.92 Å². The molecule has 2 N–H and O–H groups in total. The number of fused-ring (bicyclic) bond motifs is 1. The van der Waals surface area contributed by atoms with E-state index < -0.39 is 0 Å². The van der Waals surface area contributed by atoms with Gasteiger partial charge in [-0.05, 0) is 19.8 Å². The molecule has 7 heteroatoms. The van der Waals surface area contributed by atoms with Crippen molar-refractivity contribution in [2.24, 2.45) is 5.73 Å². The number of rotatable bonds is 4. The molecule has 1 aliphatic rings. The Morgan fingerprint density at radius 3 is 2.95 bits per heavy atom. The zero-order valence-corrected chi connectivity index (χ0v) is 12.2. The van der Waals surface area contributed by atoms with Crippen LogP contribution in [0.1, 0.15) is 32.0 Å². The number of nitrogens with zero attached hydrogens (tertiary/aromatic N) is 4. The van der Waals surface area contributed by atoms with Gasteiger partial charge < -0.3 is 10.3 Å². The van der Waals surface area contributed by atoms with Crippen molar-refractivity contribution in [2.45, 2.75) is 44.3 Å². The highest BCUT2D eigenvalue weighted by Gasteiger charge is 2.17. The van der Waals surface area contributed by atoms with E-state index in [1.165, 1.54) is 18.2 Å². The van der Waals surface area contributed by atoms with E-state index in [0.717, 1.165) is 36.8 Å². The minimum atomic E-state index is -0.261. The van der Waals surface area contributed by atoms with Gasteiger partial charge in [0.15, 0.2) is 10.9 Å². The lowest BCUT2D eigenvalue weighted by molar-refractivity contribution is -0.112. The summed E-state index contributed by atoms with van der Waals surface area (Å²) in [6.07, 6.45) is 4.38. The molecule has 1 aromatic rings. The molecule has 0 aliphatic carbocycles. The van der Waals surface area contributed by atoms with E-state index >= 15 is 0 Å². The molecule has 0 radical (unpaired) electrons. The predicted molar refractivity (Wildman–Crippen MR) is 75.8 cm³/mol. The maximum Gasteiger partial charge on any atom is 0.191 e. The molecule has 0 fully saturated rings. The molecule has 0 spiro atoms. The van der Waals surface area contributed by atoms with Crippen molar-refractivity contribution in [2.75, 3.05) is 5.75 Å². The first-order valence-electron chi connectivity index (χ1n) is 6.58. The maximum atomic E-state index is 11.9. The topological polar surface area (TPSA) is 97.6 Å². The highest BCUT2D eigenvalue weighted by atomic mass is 32.2. The molecule has 0 bridgehead atoms. The van der Waals surface area contributed by atoms with E-state index in [1.807, 2.05) is 6.07 Å². The van der Waals surface area contributed by atoms with Crippen LogP contribution in [0.25, 0.3) is 0 Å². The second-order valence-corrected chi connectivity index (χ2v) is 5.69. The van der Waals surface area contributed by atoms with Crippen LogP contribution in [-0.2, 0) is 17.8 Å². The lowest BCUT2D eigenvalue weighted by Crippen LogP contribution is -2.11. The van der Waals surface area contributed by atoms with Crippen LogP contribution in [-0.4, -0.2) is 26.3 Å². The van der Waals surface area contributed by atoms with Gasteiger partial charge in [-0.1, -0.05) is 18.2 Å². The van der Waals surface area contributed by atoms with Crippen molar-refractivity contribution < 1.29 is 4.79 Å². The lowest BCUT2D eigenvalue weighted by atomic mass is 10.2. The zero-order chi connectivity index (χ0) is 14.5. The molecule has 6 nitrogen and oxygen atoms in total. The molecule has 0 unspecified atom stereocenters. The first-order chi connectivity index (χ1) is 9.63. The predicted octanol–water partition coefficient (Wildman–Crippen LogP) is 1.42. The highest BCUT2D eigenvalue weighted by molar-refractivity contribution is 7.99. The Hall–Kier alpha value is -1.81. The number of hydrogen-bond donors (Lipinski definition) is 1. The van der Waals surface area contributed by atoms with Crippen LogP contribution in [0, 0.1) is 11.3 Å². The summed E-state index contributed by atoms with van der Waals surface area (Å²) in [4.78, 5) is 11.9. The van der Waals surface area contributed by atoms with Crippen LogP contribution in [0.2, 0.25) is 0 Å². The molecule has 106 valence electrons. The third kappa shape index (κ3) is 3.20. The molecule has 2 rings (SSSR count). The Kier molecular flexibility index (Phi) is 4.79. The van der Waals surface area contributed by atoms with Crippen LogP contribution < -0.4 is 5.73 Å². The number of Topliss-reactive ketones (excluding diaryl/α,β-unsaturated/α-hetero) is 1. The third-order valence-electron chi connectivity index (χ3n) is 3.19. The van der Waals surface area contributed by atoms with E-state index in [9.17, 15) is 4.79 Å². The SMILES string of the molecule is CC(N)=C(C#N)C(=O)CSc1nnc2n1CCCCC2. The Morgan fingerprint density at radius 1 is 1.45 bits per heavy atom. The molecule has 0 saturated carbocycles. The fourth-order valence-electron chi connectivity index (χ4n) is 2.14. The number of thioether (sulfide) groups is 1. The van der Waals surface area contributed by atoms with Gasteiger partial charge in [0.2, 0.25) is 0 Å². The molecular formula is C13H17N5OS. The van der Waals surface area contributed by atoms with Crippen molar-refractivity contribution in [3.05, 3.63) is 17.1 Å². The molecule has 20 heavy (non-hydrogen) atoms. The van der Waals surface area contributed by atoms with Gasteiger partial charge in [0.1, 0.15) is 17.5 Å². The summed E-state index contributed by atoms with van der Waals surface area (Å²) >= 11 is 1.32. The minimum Gasteiger partial charge on any atom is -0.401 e. The second kappa shape index (κ2) is 6.57. The van der Waals surface area contributed by atoms with E-state index in [4.69, 9.17) is 11.0 Å². The molecule has 1 aliphatic heterocycles. The van der Waals surface area contributed by atoms with E-state index in [2.05, 4.69) is 14.8 Å². The molecular weight excluding hydrogens is 274 g/mol. The molecule has 0 atom stereocenters. The summed E-state index contributed by atoms with van der Waals surface area (Å²) in [5.41, 5.74) is 5.82. The van der Waals surface area contributed by atoms with Crippen LogP contribution in [0.3, 0.4) is 0 Å². The van der Waals surface area contributed by atoms with Gasteiger partial charge in [0, 0.05) is 18.7 Å². The van der Waals surface area contributed by atoms with Crippen LogP contribution in [0.4, 0.5) is 0 Å². The number of hydrogen-bond acceptors (Lipinski definition) is 6. The quantitative estimate of drug-likeness (QED) is 0.512. The standard InChI is InChI=1S/C13H17N5OS/c1-9(15)10(7-14)11(19)8-20-13-17-16-12-5-3-2-4-6-18(12)13/h2-6,8,15H2,1H3. The minimum absolute atomic E-state index is 0.0353. The van der Waals surface area contributed by atoms with Gasteiger partial charge in [-0.3, -0.25) is 4.79 Å². The van der Waals surface area contributed by atoms with Gasteiger partial charge in [-0.25, -0.2) is 0 Å². The molecule has 0 amide bonds. The van der Waals surface area contributed by atoms with E-state index in [0.29, 0.717) is 0 Å². The first kappa shape index (κ1) is 14.6. The summed E-state index contributed by atoms with van der Waals surface area (Å²) in [5, 5.41) is 18.0. The summed E-state index contributed by atoms with van der Waals surface area (Å²) in [6, 6.07) is 1.85. The molecule has 0 saturated heterocycles. The first-order valence-corrected chi connectivity index (χ1v) is 7.56. The van der Waals surface area contributed by atoms with Gasteiger partial charge >= 0.3 is 0 Å². The van der Waals surface area contributed by atoms with Crippen LogP contribution in [0.5, 0.6) is 0 Å². The fraction of sp³-hybridized carbons (Fsp3) is 0.538. The average molecular weight is 291 g/mol. The smallest absolute Gasteiger partial charge is 0.191 e. The summed E-state index contributed by atoms with van der Waals surface area (Å²) < 4.78 is 2.08. The van der Waals surface area contributed by atoms with Crippen molar-refractivity contribution in [3.63, 3.8) is 0 Å². The number of allylic oxidation sites excluding steroid dienone is 2. The Balaban J connectivity index is 2.05. The Morgan fingerprint density at radius 2 is 2.25 bits per heavy atom. The summed E-state index contributed by atoms with van der Waals surface area (Å²) in [5.74, 6) is 0.891. The lowest BCUT2D eigenvalue weighted by Gasteiger charge is -2.06.